The van der Waals surface area contributed by atoms with Gasteiger partial charge in [-0.05, 0) is 23.8 Å². The van der Waals surface area contributed by atoms with Crippen molar-refractivity contribution in [2.45, 2.75) is 12.2 Å². The third kappa shape index (κ3) is 2.92. The SMILES string of the molecule is Fc1ccc(Br)cc1C1CNCC(c2ccccc2)O1. The Balaban J connectivity index is 1.83. The van der Waals surface area contributed by atoms with E-state index < -0.39 is 0 Å². The third-order valence-corrected chi connectivity index (χ3v) is 3.96. The highest BCUT2D eigenvalue weighted by molar-refractivity contribution is 9.10. The van der Waals surface area contributed by atoms with Crippen LogP contribution in [-0.4, -0.2) is 13.1 Å². The van der Waals surface area contributed by atoms with Crippen LogP contribution in [0.4, 0.5) is 4.39 Å². The highest BCUT2D eigenvalue weighted by Crippen LogP contribution is 2.31. The Bertz CT molecular complexity index is 590. The van der Waals surface area contributed by atoms with Crippen molar-refractivity contribution in [1.29, 1.82) is 0 Å². The number of rotatable bonds is 2. The Labute approximate surface area is 126 Å². The third-order valence-electron chi connectivity index (χ3n) is 3.46. The van der Waals surface area contributed by atoms with Crippen LogP contribution in [0.5, 0.6) is 0 Å². The molecule has 1 aliphatic rings. The number of benzene rings is 2. The molecule has 2 atom stereocenters. The van der Waals surface area contributed by atoms with Crippen molar-refractivity contribution in [3.05, 3.63) is 69.9 Å². The molecule has 0 aliphatic carbocycles. The molecule has 1 saturated heterocycles. The molecule has 2 aromatic rings. The van der Waals surface area contributed by atoms with Crippen LogP contribution >= 0.6 is 15.9 Å². The number of nitrogens with one attached hydrogen (secondary N) is 1. The predicted molar refractivity (Wildman–Crippen MR) is 80.0 cm³/mol. The van der Waals surface area contributed by atoms with Gasteiger partial charge in [0.05, 0.1) is 12.2 Å². The van der Waals surface area contributed by atoms with Crippen molar-refractivity contribution in [2.75, 3.05) is 13.1 Å². The molecule has 20 heavy (non-hydrogen) atoms. The molecule has 0 bridgehead atoms. The summed E-state index contributed by atoms with van der Waals surface area (Å²) in [6.45, 7) is 1.37. The van der Waals surface area contributed by atoms with Gasteiger partial charge in [0, 0.05) is 23.1 Å². The van der Waals surface area contributed by atoms with E-state index in [1.807, 2.05) is 30.3 Å². The normalized spacial score (nSPS) is 22.7. The van der Waals surface area contributed by atoms with Gasteiger partial charge in [-0.15, -0.1) is 0 Å². The summed E-state index contributed by atoms with van der Waals surface area (Å²) in [7, 11) is 0. The summed E-state index contributed by atoms with van der Waals surface area (Å²) < 4.78 is 20.9. The molecule has 0 aromatic heterocycles. The lowest BCUT2D eigenvalue weighted by molar-refractivity contribution is -0.0421. The van der Waals surface area contributed by atoms with Crippen LogP contribution in [0.1, 0.15) is 23.3 Å². The van der Waals surface area contributed by atoms with Crippen molar-refractivity contribution in [3.63, 3.8) is 0 Å². The molecule has 0 radical (unpaired) electrons. The van der Waals surface area contributed by atoms with E-state index in [1.165, 1.54) is 6.07 Å². The van der Waals surface area contributed by atoms with Crippen molar-refractivity contribution in [3.8, 4) is 0 Å². The fraction of sp³-hybridized carbons (Fsp3) is 0.250. The van der Waals surface area contributed by atoms with Crippen molar-refractivity contribution in [1.82, 2.24) is 5.32 Å². The van der Waals surface area contributed by atoms with E-state index in [0.717, 1.165) is 16.6 Å². The van der Waals surface area contributed by atoms with E-state index >= 15 is 0 Å². The molecule has 0 saturated carbocycles. The Morgan fingerprint density at radius 1 is 1.05 bits per heavy atom. The summed E-state index contributed by atoms with van der Waals surface area (Å²) >= 11 is 3.38. The number of hydrogen-bond donors (Lipinski definition) is 1. The molecule has 1 N–H and O–H groups in total. The van der Waals surface area contributed by atoms with Gasteiger partial charge >= 0.3 is 0 Å². The Hall–Kier alpha value is -1.23. The van der Waals surface area contributed by atoms with Gasteiger partial charge in [0.1, 0.15) is 5.82 Å². The molecule has 104 valence electrons. The molecule has 2 unspecified atom stereocenters. The second-order valence-corrected chi connectivity index (χ2v) is 5.76. The van der Waals surface area contributed by atoms with Gasteiger partial charge in [-0.3, -0.25) is 0 Å². The van der Waals surface area contributed by atoms with E-state index in [1.54, 1.807) is 12.1 Å². The molecule has 1 fully saturated rings. The van der Waals surface area contributed by atoms with E-state index in [9.17, 15) is 4.39 Å². The summed E-state index contributed by atoms with van der Waals surface area (Å²) in [5.74, 6) is -0.228. The summed E-state index contributed by atoms with van der Waals surface area (Å²) in [5.41, 5.74) is 1.70. The molecule has 2 aromatic carbocycles. The topological polar surface area (TPSA) is 21.3 Å². The van der Waals surface area contributed by atoms with E-state index in [4.69, 9.17) is 4.74 Å². The summed E-state index contributed by atoms with van der Waals surface area (Å²) in [6, 6.07) is 15.0. The van der Waals surface area contributed by atoms with Crippen molar-refractivity contribution < 1.29 is 9.13 Å². The van der Waals surface area contributed by atoms with Gasteiger partial charge in [-0.2, -0.15) is 0 Å². The maximum atomic E-state index is 14.0. The highest BCUT2D eigenvalue weighted by Gasteiger charge is 2.26. The van der Waals surface area contributed by atoms with Crippen LogP contribution in [0.15, 0.2) is 53.0 Å². The fourth-order valence-corrected chi connectivity index (χ4v) is 2.83. The largest absolute Gasteiger partial charge is 0.363 e. The smallest absolute Gasteiger partial charge is 0.129 e. The summed E-state index contributed by atoms with van der Waals surface area (Å²) in [6.07, 6.45) is -0.320. The second-order valence-electron chi connectivity index (χ2n) is 4.85. The number of halogens is 2. The van der Waals surface area contributed by atoms with E-state index in [-0.39, 0.29) is 18.0 Å². The number of hydrogen-bond acceptors (Lipinski definition) is 2. The quantitative estimate of drug-likeness (QED) is 0.895. The first kappa shape index (κ1) is 13.7. The van der Waals surface area contributed by atoms with Gasteiger partial charge in [0.2, 0.25) is 0 Å². The van der Waals surface area contributed by atoms with Crippen LogP contribution < -0.4 is 5.32 Å². The highest BCUT2D eigenvalue weighted by atomic mass is 79.9. The van der Waals surface area contributed by atoms with Gasteiger partial charge in [-0.1, -0.05) is 46.3 Å². The molecular weight excluding hydrogens is 321 g/mol. The molecule has 2 nitrogen and oxygen atoms in total. The fourth-order valence-electron chi connectivity index (χ4n) is 2.45. The first-order valence-corrected chi connectivity index (χ1v) is 7.39. The minimum Gasteiger partial charge on any atom is -0.363 e. The predicted octanol–water partition coefficient (Wildman–Crippen LogP) is 3.99. The second kappa shape index (κ2) is 6.04. The molecular formula is C16H15BrFNO. The lowest BCUT2D eigenvalue weighted by Crippen LogP contribution is -2.36. The van der Waals surface area contributed by atoms with Gasteiger partial charge in [0.15, 0.2) is 0 Å². The summed E-state index contributed by atoms with van der Waals surface area (Å²) in [4.78, 5) is 0. The number of morpholine rings is 1. The first-order valence-electron chi connectivity index (χ1n) is 6.60. The molecule has 1 aliphatic heterocycles. The minimum atomic E-state index is -0.272. The lowest BCUT2D eigenvalue weighted by atomic mass is 10.0. The average Bonchev–Trinajstić information content (AvgIpc) is 2.51. The minimum absolute atomic E-state index is 0.0478. The molecule has 4 heteroatoms. The number of ether oxygens (including phenoxy) is 1. The van der Waals surface area contributed by atoms with Crippen LogP contribution in [-0.2, 0) is 4.74 Å². The molecule has 1 heterocycles. The zero-order chi connectivity index (χ0) is 13.9. The van der Waals surface area contributed by atoms with Crippen LogP contribution in [0.25, 0.3) is 0 Å². The monoisotopic (exact) mass is 335 g/mol. The summed E-state index contributed by atoms with van der Waals surface area (Å²) in [5, 5.41) is 3.32. The molecule has 0 amide bonds. The average molecular weight is 336 g/mol. The maximum Gasteiger partial charge on any atom is 0.129 e. The zero-order valence-corrected chi connectivity index (χ0v) is 12.4. The maximum absolute atomic E-state index is 14.0. The molecule has 0 spiro atoms. The van der Waals surface area contributed by atoms with Gasteiger partial charge in [-0.25, -0.2) is 4.39 Å². The van der Waals surface area contributed by atoms with E-state index in [2.05, 4.69) is 21.2 Å². The Morgan fingerprint density at radius 3 is 2.60 bits per heavy atom. The Kier molecular flexibility index (Phi) is 4.15. The van der Waals surface area contributed by atoms with Crippen molar-refractivity contribution in [2.24, 2.45) is 0 Å². The standard InChI is InChI=1S/C16H15BrFNO/c17-12-6-7-14(18)13(8-12)16-10-19-9-15(20-16)11-4-2-1-3-5-11/h1-8,15-16,19H,9-10H2. The van der Waals surface area contributed by atoms with E-state index in [0.29, 0.717) is 12.1 Å². The Morgan fingerprint density at radius 2 is 1.80 bits per heavy atom. The molecule has 3 rings (SSSR count). The lowest BCUT2D eigenvalue weighted by Gasteiger charge is -2.31. The first-order chi connectivity index (χ1) is 9.74. The van der Waals surface area contributed by atoms with Crippen LogP contribution in [0.3, 0.4) is 0 Å². The van der Waals surface area contributed by atoms with Gasteiger partial charge < -0.3 is 10.1 Å². The zero-order valence-electron chi connectivity index (χ0n) is 10.9. The van der Waals surface area contributed by atoms with Crippen LogP contribution in [0.2, 0.25) is 0 Å². The van der Waals surface area contributed by atoms with Gasteiger partial charge in [0.25, 0.3) is 0 Å². The van der Waals surface area contributed by atoms with Crippen molar-refractivity contribution >= 4 is 15.9 Å². The van der Waals surface area contributed by atoms with Crippen LogP contribution in [0, 0.1) is 5.82 Å².